The average Bonchev–Trinajstić information content (AvgIpc) is 2.65. The van der Waals surface area contributed by atoms with Crippen LogP contribution in [0.4, 0.5) is 13.2 Å². The van der Waals surface area contributed by atoms with Crippen molar-refractivity contribution in [3.63, 3.8) is 0 Å². The second-order valence-corrected chi connectivity index (χ2v) is 5.91. The topological polar surface area (TPSA) is 132 Å². The Hall–Kier alpha value is -2.92. The molecule has 0 radical (unpaired) electrons. The standard InChI is InChI=1S/C16H20N2O4.C2HF3O2/c1-22-8-7-18-10-13(16(20)21)15(19)12-9-11(3-2-6-17)4-5-14(12)18;3-2(4,5)1(6)7/h4-5,9-10H,2-3,6-8,17H2,1H3,(H,20,21);(H,6,7). The Morgan fingerprint density at radius 2 is 1.86 bits per heavy atom. The minimum absolute atomic E-state index is 0.223. The lowest BCUT2D eigenvalue weighted by Crippen LogP contribution is -2.21. The van der Waals surface area contributed by atoms with Crippen LogP contribution in [0.2, 0.25) is 0 Å². The Bertz CT molecular complexity index is 924. The van der Waals surface area contributed by atoms with Crippen molar-refractivity contribution < 1.29 is 37.7 Å². The normalized spacial score (nSPS) is 11.1. The van der Waals surface area contributed by atoms with Gasteiger partial charge in [-0.05, 0) is 37.1 Å². The molecule has 29 heavy (non-hydrogen) atoms. The van der Waals surface area contributed by atoms with E-state index in [9.17, 15) is 27.9 Å². The molecule has 1 aromatic carbocycles. The number of methoxy groups -OCH3 is 1. The number of aliphatic carboxylic acids is 1. The highest BCUT2D eigenvalue weighted by Crippen LogP contribution is 2.16. The van der Waals surface area contributed by atoms with E-state index in [1.807, 2.05) is 12.1 Å². The largest absolute Gasteiger partial charge is 0.490 e. The van der Waals surface area contributed by atoms with E-state index >= 15 is 0 Å². The Kier molecular flexibility index (Phi) is 8.80. The number of carbonyl (C=O) groups is 2. The number of carboxylic acid groups (broad SMARTS) is 2. The first-order valence-corrected chi connectivity index (χ1v) is 8.41. The summed E-state index contributed by atoms with van der Waals surface area (Å²) in [7, 11) is 1.58. The van der Waals surface area contributed by atoms with Gasteiger partial charge in [0.15, 0.2) is 0 Å². The number of aromatic carboxylic acids is 1. The maximum Gasteiger partial charge on any atom is 0.490 e. The van der Waals surface area contributed by atoms with Gasteiger partial charge < -0.3 is 25.3 Å². The molecule has 0 unspecified atom stereocenters. The molecule has 0 aliphatic carbocycles. The quantitative estimate of drug-likeness (QED) is 0.625. The number of pyridine rings is 1. The number of aryl methyl sites for hydroxylation is 1. The molecule has 0 fully saturated rings. The molecule has 0 aliphatic heterocycles. The van der Waals surface area contributed by atoms with Gasteiger partial charge in [-0.3, -0.25) is 4.79 Å². The Labute approximate surface area is 163 Å². The van der Waals surface area contributed by atoms with Gasteiger partial charge in [-0.1, -0.05) is 6.07 Å². The van der Waals surface area contributed by atoms with Gasteiger partial charge in [-0.15, -0.1) is 0 Å². The van der Waals surface area contributed by atoms with Crippen molar-refractivity contribution >= 4 is 22.8 Å². The van der Waals surface area contributed by atoms with E-state index in [1.54, 1.807) is 17.7 Å². The predicted molar refractivity (Wildman–Crippen MR) is 98.1 cm³/mol. The third-order valence-electron chi connectivity index (χ3n) is 3.82. The summed E-state index contributed by atoms with van der Waals surface area (Å²) in [6, 6.07) is 5.56. The van der Waals surface area contributed by atoms with E-state index in [0.717, 1.165) is 18.4 Å². The molecule has 160 valence electrons. The van der Waals surface area contributed by atoms with E-state index in [4.69, 9.17) is 20.4 Å². The number of aromatic nitrogens is 1. The Balaban J connectivity index is 0.000000516. The number of benzene rings is 1. The molecule has 11 heteroatoms. The van der Waals surface area contributed by atoms with Gasteiger partial charge in [0.05, 0.1) is 12.1 Å². The predicted octanol–water partition coefficient (Wildman–Crippen LogP) is 1.87. The number of rotatable bonds is 7. The molecule has 0 bridgehead atoms. The van der Waals surface area contributed by atoms with Gasteiger partial charge in [-0.25, -0.2) is 9.59 Å². The molecule has 0 atom stereocenters. The van der Waals surface area contributed by atoms with E-state index in [-0.39, 0.29) is 5.56 Å². The summed E-state index contributed by atoms with van der Waals surface area (Å²) in [5, 5.41) is 16.8. The van der Waals surface area contributed by atoms with Crippen molar-refractivity contribution in [2.75, 3.05) is 20.3 Å². The molecule has 0 saturated heterocycles. The van der Waals surface area contributed by atoms with E-state index in [0.29, 0.717) is 30.6 Å². The molecule has 0 saturated carbocycles. The van der Waals surface area contributed by atoms with Crippen LogP contribution in [0.1, 0.15) is 22.3 Å². The zero-order chi connectivity index (χ0) is 22.2. The third kappa shape index (κ3) is 6.88. The van der Waals surface area contributed by atoms with Crippen molar-refractivity contribution in [3.8, 4) is 0 Å². The van der Waals surface area contributed by atoms with Gasteiger partial charge in [0.1, 0.15) is 5.56 Å². The number of hydrogen-bond acceptors (Lipinski definition) is 5. The molecule has 4 N–H and O–H groups in total. The number of fused-ring (bicyclic) bond motifs is 1. The molecule has 0 spiro atoms. The molecular formula is C18H21F3N2O6. The van der Waals surface area contributed by atoms with Crippen LogP contribution < -0.4 is 11.2 Å². The van der Waals surface area contributed by atoms with E-state index in [2.05, 4.69) is 0 Å². The average molecular weight is 418 g/mol. The number of nitrogens with two attached hydrogens (primary N) is 1. The van der Waals surface area contributed by atoms with Crippen LogP contribution in [0.15, 0.2) is 29.2 Å². The fraction of sp³-hybridized carbons (Fsp3) is 0.389. The molecular weight excluding hydrogens is 397 g/mol. The summed E-state index contributed by atoms with van der Waals surface area (Å²) in [5.41, 5.74) is 6.52. The molecule has 0 aliphatic rings. The lowest BCUT2D eigenvalue weighted by Gasteiger charge is -2.13. The van der Waals surface area contributed by atoms with Crippen molar-refractivity contribution in [2.45, 2.75) is 25.6 Å². The highest BCUT2D eigenvalue weighted by Gasteiger charge is 2.38. The van der Waals surface area contributed by atoms with Crippen molar-refractivity contribution in [1.29, 1.82) is 0 Å². The minimum Gasteiger partial charge on any atom is -0.477 e. The Morgan fingerprint density at radius 1 is 1.24 bits per heavy atom. The van der Waals surface area contributed by atoms with Gasteiger partial charge >= 0.3 is 18.1 Å². The molecule has 1 aromatic heterocycles. The van der Waals surface area contributed by atoms with Crippen LogP contribution in [-0.2, 0) is 22.5 Å². The monoisotopic (exact) mass is 418 g/mol. The zero-order valence-corrected chi connectivity index (χ0v) is 15.5. The van der Waals surface area contributed by atoms with E-state index < -0.39 is 23.5 Å². The summed E-state index contributed by atoms with van der Waals surface area (Å²) in [6.45, 7) is 1.49. The van der Waals surface area contributed by atoms with Crippen LogP contribution in [0, 0.1) is 0 Å². The summed E-state index contributed by atoms with van der Waals surface area (Å²) in [4.78, 5) is 32.6. The second kappa shape index (κ2) is 10.6. The first-order chi connectivity index (χ1) is 13.5. The minimum atomic E-state index is -5.08. The zero-order valence-electron chi connectivity index (χ0n) is 15.5. The molecule has 2 aromatic rings. The maximum absolute atomic E-state index is 12.4. The molecule has 1 heterocycles. The van der Waals surface area contributed by atoms with Gasteiger partial charge in [0.2, 0.25) is 5.43 Å². The van der Waals surface area contributed by atoms with Crippen LogP contribution >= 0.6 is 0 Å². The van der Waals surface area contributed by atoms with Crippen LogP contribution in [0.25, 0.3) is 10.9 Å². The van der Waals surface area contributed by atoms with E-state index in [1.165, 1.54) is 6.20 Å². The van der Waals surface area contributed by atoms with Crippen molar-refractivity contribution in [2.24, 2.45) is 5.73 Å². The smallest absolute Gasteiger partial charge is 0.477 e. The first-order valence-electron chi connectivity index (χ1n) is 8.41. The van der Waals surface area contributed by atoms with Gasteiger partial charge in [0, 0.05) is 25.2 Å². The third-order valence-corrected chi connectivity index (χ3v) is 3.82. The second-order valence-electron chi connectivity index (χ2n) is 5.91. The number of alkyl halides is 3. The SMILES string of the molecule is COCCn1cc(C(=O)O)c(=O)c2cc(CCCN)ccc21.O=C(O)C(F)(F)F. The molecule has 2 rings (SSSR count). The Morgan fingerprint density at radius 3 is 2.34 bits per heavy atom. The van der Waals surface area contributed by atoms with Crippen LogP contribution in [0.3, 0.4) is 0 Å². The summed E-state index contributed by atoms with van der Waals surface area (Å²) in [5.74, 6) is -3.97. The number of halogens is 3. The summed E-state index contributed by atoms with van der Waals surface area (Å²) in [6.07, 6.45) is -2.12. The lowest BCUT2D eigenvalue weighted by molar-refractivity contribution is -0.192. The fourth-order valence-electron chi connectivity index (χ4n) is 2.43. The number of hydrogen-bond donors (Lipinski definition) is 3. The van der Waals surface area contributed by atoms with Crippen molar-refractivity contribution in [3.05, 3.63) is 45.7 Å². The highest BCUT2D eigenvalue weighted by molar-refractivity contribution is 5.92. The number of carboxylic acids is 2. The van der Waals surface area contributed by atoms with Crippen LogP contribution in [-0.4, -0.2) is 53.2 Å². The summed E-state index contributed by atoms with van der Waals surface area (Å²) < 4.78 is 38.5. The molecule has 0 amide bonds. The van der Waals surface area contributed by atoms with Crippen molar-refractivity contribution in [1.82, 2.24) is 4.57 Å². The van der Waals surface area contributed by atoms with Crippen LogP contribution in [0.5, 0.6) is 0 Å². The highest BCUT2D eigenvalue weighted by atomic mass is 19.4. The van der Waals surface area contributed by atoms with Gasteiger partial charge in [0.25, 0.3) is 0 Å². The fourth-order valence-corrected chi connectivity index (χ4v) is 2.43. The number of ether oxygens (including phenoxy) is 1. The molecule has 8 nitrogen and oxygen atoms in total. The maximum atomic E-state index is 12.4. The number of nitrogens with zero attached hydrogens (tertiary/aromatic N) is 1. The summed E-state index contributed by atoms with van der Waals surface area (Å²) >= 11 is 0. The van der Waals surface area contributed by atoms with Gasteiger partial charge in [-0.2, -0.15) is 13.2 Å². The first kappa shape index (κ1) is 24.1. The lowest BCUT2D eigenvalue weighted by atomic mass is 10.0.